The normalized spacial score (nSPS) is 18.4. The summed E-state index contributed by atoms with van der Waals surface area (Å²) in [6.45, 7) is 5.36. The molecule has 3 aromatic rings. The fourth-order valence-corrected chi connectivity index (χ4v) is 5.83. The minimum Gasteiger partial charge on any atom is -0.477 e. The van der Waals surface area contributed by atoms with Crippen LogP contribution in [0.3, 0.4) is 0 Å². The third kappa shape index (κ3) is 4.77. The van der Waals surface area contributed by atoms with E-state index in [-0.39, 0.29) is 22.7 Å². The first kappa shape index (κ1) is 24.8. The highest BCUT2D eigenvalue weighted by molar-refractivity contribution is 9.10. The highest BCUT2D eigenvalue weighted by atomic mass is 79.9. The summed E-state index contributed by atoms with van der Waals surface area (Å²) in [5.41, 5.74) is 1.51. The number of H-pyrrole nitrogens is 1. The molecule has 4 heterocycles. The molecule has 13 heteroatoms. The number of hydrogen-bond donors (Lipinski definition) is 2. The number of nitrogens with one attached hydrogen (secondary N) is 1. The number of ketones is 1. The Hall–Kier alpha value is -2.28. The summed E-state index contributed by atoms with van der Waals surface area (Å²) >= 11 is 10.7. The number of halogens is 2. The van der Waals surface area contributed by atoms with E-state index >= 15 is 0 Å². The van der Waals surface area contributed by atoms with Crippen molar-refractivity contribution in [3.8, 4) is 11.5 Å². The van der Waals surface area contributed by atoms with Crippen LogP contribution in [-0.4, -0.2) is 67.4 Å². The van der Waals surface area contributed by atoms with E-state index in [1.165, 1.54) is 11.0 Å². The largest absolute Gasteiger partial charge is 0.477 e. The molecule has 0 aliphatic carbocycles. The number of aromatic amines is 1. The fourth-order valence-electron chi connectivity index (χ4n) is 4.13. The maximum absolute atomic E-state index is 13.0. The van der Waals surface area contributed by atoms with E-state index in [0.29, 0.717) is 64.4 Å². The predicted octanol–water partition coefficient (Wildman–Crippen LogP) is 4.19. The van der Waals surface area contributed by atoms with Gasteiger partial charge in [-0.2, -0.15) is 5.10 Å². The van der Waals surface area contributed by atoms with Crippen LogP contribution in [0.4, 0.5) is 5.13 Å². The van der Waals surface area contributed by atoms with Gasteiger partial charge in [0.25, 0.3) is 0 Å². The van der Waals surface area contributed by atoms with Crippen LogP contribution in [0.5, 0.6) is 0 Å². The van der Waals surface area contributed by atoms with Crippen LogP contribution >= 0.6 is 38.9 Å². The Balaban J connectivity index is 1.54. The second kappa shape index (κ2) is 10.1. The molecule has 0 bridgehead atoms. The third-order valence-electron chi connectivity index (χ3n) is 5.86. The van der Waals surface area contributed by atoms with E-state index in [2.05, 4.69) is 36.0 Å². The molecule has 0 aromatic carbocycles. The zero-order chi connectivity index (χ0) is 24.6. The summed E-state index contributed by atoms with van der Waals surface area (Å²) in [4.78, 5) is 38.8. The number of Topliss-reactive ketones (excluding diaryl/α,β-unsaturated/α-hetero) is 1. The molecule has 1 aliphatic heterocycles. The first-order chi connectivity index (χ1) is 16.2. The number of hydrogen-bond acceptors (Lipinski definition) is 8. The summed E-state index contributed by atoms with van der Waals surface area (Å²) in [5.74, 6) is -0.687. The Morgan fingerprint density at radius 2 is 2.21 bits per heavy atom. The molecule has 0 saturated carbocycles. The quantitative estimate of drug-likeness (QED) is 0.386. The van der Waals surface area contributed by atoms with Crippen LogP contribution in [0.25, 0.3) is 11.5 Å². The zero-order valence-corrected chi connectivity index (χ0v) is 22.0. The van der Waals surface area contributed by atoms with E-state index in [9.17, 15) is 14.7 Å². The van der Waals surface area contributed by atoms with E-state index in [0.717, 1.165) is 17.0 Å². The van der Waals surface area contributed by atoms with Gasteiger partial charge in [0.2, 0.25) is 0 Å². The molecule has 0 unspecified atom stereocenters. The minimum atomic E-state index is -1.06. The number of carboxylic acid groups (broad SMARTS) is 1. The maximum Gasteiger partial charge on any atom is 0.348 e. The van der Waals surface area contributed by atoms with Gasteiger partial charge in [-0.05, 0) is 42.1 Å². The van der Waals surface area contributed by atoms with E-state index < -0.39 is 5.97 Å². The van der Waals surface area contributed by atoms with Gasteiger partial charge in [0.15, 0.2) is 16.7 Å². The zero-order valence-electron chi connectivity index (χ0n) is 18.8. The van der Waals surface area contributed by atoms with Crippen molar-refractivity contribution in [2.45, 2.75) is 32.8 Å². The van der Waals surface area contributed by atoms with Crippen molar-refractivity contribution in [1.29, 1.82) is 0 Å². The van der Waals surface area contributed by atoms with Crippen LogP contribution in [0, 0.1) is 12.8 Å². The van der Waals surface area contributed by atoms with Gasteiger partial charge in [0.05, 0.1) is 21.3 Å². The van der Waals surface area contributed by atoms with Crippen LogP contribution < -0.4 is 4.90 Å². The average molecular weight is 572 g/mol. The second-order valence-corrected chi connectivity index (χ2v) is 10.2. The lowest BCUT2D eigenvalue weighted by Crippen LogP contribution is -2.46. The maximum atomic E-state index is 13.0. The summed E-state index contributed by atoms with van der Waals surface area (Å²) in [5, 5.41) is 14.8. The first-order valence-corrected chi connectivity index (χ1v) is 12.7. The lowest BCUT2D eigenvalue weighted by Gasteiger charge is -2.38. The van der Waals surface area contributed by atoms with Gasteiger partial charge in [-0.1, -0.05) is 22.9 Å². The van der Waals surface area contributed by atoms with Gasteiger partial charge in [-0.15, -0.1) is 0 Å². The van der Waals surface area contributed by atoms with Crippen molar-refractivity contribution in [2.75, 3.05) is 24.6 Å². The molecule has 0 spiro atoms. The van der Waals surface area contributed by atoms with Gasteiger partial charge in [-0.3, -0.25) is 4.79 Å². The van der Waals surface area contributed by atoms with Crippen molar-refractivity contribution >= 4 is 55.8 Å². The lowest BCUT2D eigenvalue weighted by molar-refractivity contribution is 0.0103. The molecule has 2 atom stereocenters. The average Bonchev–Trinajstić information content (AvgIpc) is 3.49. The highest BCUT2D eigenvalue weighted by Gasteiger charge is 2.35. The monoisotopic (exact) mass is 570 g/mol. The van der Waals surface area contributed by atoms with Gasteiger partial charge in [0, 0.05) is 38.9 Å². The van der Waals surface area contributed by atoms with E-state index in [1.54, 1.807) is 7.05 Å². The molecule has 10 nitrogen and oxygen atoms in total. The summed E-state index contributed by atoms with van der Waals surface area (Å²) in [7, 11) is 1.69. The molecule has 1 fully saturated rings. The molecule has 182 valence electrons. The second-order valence-electron chi connectivity index (χ2n) is 8.06. The number of nitrogens with zero attached hydrogens (tertiary/aromatic N) is 5. The summed E-state index contributed by atoms with van der Waals surface area (Å²) < 4.78 is 8.10. The molecule has 1 aliphatic rings. The van der Waals surface area contributed by atoms with Crippen molar-refractivity contribution < 1.29 is 19.4 Å². The van der Waals surface area contributed by atoms with Crippen molar-refractivity contribution in [1.82, 2.24) is 24.7 Å². The predicted molar refractivity (Wildman–Crippen MR) is 132 cm³/mol. The summed E-state index contributed by atoms with van der Waals surface area (Å²) in [6.07, 6.45) is 2.17. The Kier molecular flexibility index (Phi) is 7.41. The van der Waals surface area contributed by atoms with Crippen LogP contribution in [0.2, 0.25) is 5.02 Å². The number of carbonyl (C=O) groups is 2. The number of aromatic carboxylic acids is 1. The van der Waals surface area contributed by atoms with Crippen molar-refractivity contribution in [3.63, 3.8) is 0 Å². The summed E-state index contributed by atoms with van der Waals surface area (Å²) in [6, 6.07) is 0. The Morgan fingerprint density at radius 3 is 2.79 bits per heavy atom. The van der Waals surface area contributed by atoms with Gasteiger partial charge in [-0.25, -0.2) is 19.4 Å². The fraction of sp³-hybridized carbons (Fsp3) is 0.476. The number of thiazole rings is 1. The minimum absolute atomic E-state index is 0.00935. The molecule has 0 radical (unpaired) electrons. The Bertz CT molecular complexity index is 1220. The Morgan fingerprint density at radius 1 is 1.44 bits per heavy atom. The SMILES string of the molecule is CCO[C@H]1CN(c2nc(-c3ncnn3C)c(C(=O)O)s2)CC[C@H]1CC(=O)c1[nH]c(C)c(Cl)c1Br. The van der Waals surface area contributed by atoms with Gasteiger partial charge >= 0.3 is 5.97 Å². The molecule has 2 N–H and O–H groups in total. The molecule has 3 aromatic heterocycles. The number of carbonyl (C=O) groups excluding carboxylic acids is 1. The highest BCUT2D eigenvalue weighted by Crippen LogP contribution is 2.36. The number of aryl methyl sites for hydroxylation is 2. The van der Waals surface area contributed by atoms with Crippen LogP contribution in [-0.2, 0) is 11.8 Å². The third-order valence-corrected chi connectivity index (χ3v) is 8.46. The van der Waals surface area contributed by atoms with Crippen molar-refractivity contribution in [3.05, 3.63) is 32.1 Å². The standard InChI is InChI=1S/C21H24BrClN6O4S/c1-4-33-13-8-29(6-5-11(13)7-12(30)16-14(22)15(23)10(2)26-16)21-27-17(18(34-21)20(31)32)19-24-9-25-28(19)3/h9,11,13,26H,4-8H2,1-3H3,(H,31,32)/t11-,13-/m0/s1. The van der Waals surface area contributed by atoms with Crippen molar-refractivity contribution in [2.24, 2.45) is 13.0 Å². The van der Waals surface area contributed by atoms with E-state index in [4.69, 9.17) is 16.3 Å². The number of aromatic nitrogens is 5. The number of anilines is 1. The first-order valence-electron chi connectivity index (χ1n) is 10.7. The van der Waals surface area contributed by atoms with Gasteiger partial charge < -0.3 is 19.7 Å². The number of piperidine rings is 1. The Labute approximate surface area is 213 Å². The number of ether oxygens (including phenoxy) is 1. The molecular weight excluding hydrogens is 548 g/mol. The molecule has 34 heavy (non-hydrogen) atoms. The molecule has 0 amide bonds. The molecule has 1 saturated heterocycles. The van der Waals surface area contributed by atoms with Gasteiger partial charge in [0.1, 0.15) is 16.9 Å². The number of carboxylic acids is 1. The van der Waals surface area contributed by atoms with Crippen LogP contribution in [0.15, 0.2) is 10.8 Å². The number of rotatable bonds is 8. The smallest absolute Gasteiger partial charge is 0.348 e. The van der Waals surface area contributed by atoms with E-state index in [1.807, 2.05) is 18.7 Å². The van der Waals surface area contributed by atoms with Crippen LogP contribution in [0.1, 0.15) is 45.6 Å². The topological polar surface area (TPSA) is 126 Å². The lowest BCUT2D eigenvalue weighted by atomic mass is 9.88. The molecule has 4 rings (SSSR count). The molecular formula is C21H24BrClN6O4S.